The second-order valence-electron chi connectivity index (χ2n) is 6.24. The number of fused-ring (bicyclic) bond motifs is 2. The molecule has 7 nitrogen and oxygen atoms in total. The van der Waals surface area contributed by atoms with Gasteiger partial charge in [-0.05, 0) is 24.3 Å². The fourth-order valence-electron chi connectivity index (χ4n) is 3.12. The number of hydrogen-bond acceptors (Lipinski definition) is 4. The minimum atomic E-state index is -0.245. The van der Waals surface area contributed by atoms with Crippen LogP contribution in [-0.2, 0) is 13.6 Å². The minimum Gasteiger partial charge on any atom is -0.497 e. The van der Waals surface area contributed by atoms with Crippen LogP contribution in [0.25, 0.3) is 21.7 Å². The fourth-order valence-corrected chi connectivity index (χ4v) is 3.12. The highest BCUT2D eigenvalue weighted by atomic mass is 16.5. The number of rotatable bonds is 4. The molecule has 1 amide bonds. The Balaban J connectivity index is 1.60. The van der Waals surface area contributed by atoms with Crippen molar-refractivity contribution in [2.24, 2.45) is 7.05 Å². The molecule has 0 atom stereocenters. The predicted molar refractivity (Wildman–Crippen MR) is 103 cm³/mol. The number of benzene rings is 2. The molecule has 136 valence electrons. The highest BCUT2D eigenvalue weighted by Gasteiger charge is 2.13. The van der Waals surface area contributed by atoms with Crippen LogP contribution in [0.1, 0.15) is 16.2 Å². The van der Waals surface area contributed by atoms with Gasteiger partial charge in [0, 0.05) is 29.4 Å². The average molecular weight is 362 g/mol. The van der Waals surface area contributed by atoms with Gasteiger partial charge >= 0.3 is 0 Å². The zero-order valence-electron chi connectivity index (χ0n) is 14.9. The normalized spacial score (nSPS) is 11.0. The second-order valence-corrected chi connectivity index (χ2v) is 6.24. The Morgan fingerprint density at radius 2 is 1.96 bits per heavy atom. The van der Waals surface area contributed by atoms with Gasteiger partial charge in [0.15, 0.2) is 0 Å². The molecule has 0 unspecified atom stereocenters. The van der Waals surface area contributed by atoms with Gasteiger partial charge in [-0.25, -0.2) is 4.68 Å². The van der Waals surface area contributed by atoms with E-state index in [1.165, 1.54) is 4.68 Å². The standard InChI is InChI=1S/C20H18N4O3/c1-24-20(26)15-6-4-3-5-14(15)18(23-24)11-21-19(25)17-9-12-7-8-13(27-2)10-16(12)22-17/h3-10,22H,11H2,1-2H3,(H,21,25). The van der Waals surface area contributed by atoms with E-state index in [9.17, 15) is 9.59 Å². The average Bonchev–Trinajstić information content (AvgIpc) is 3.12. The van der Waals surface area contributed by atoms with Gasteiger partial charge in [-0.15, -0.1) is 0 Å². The van der Waals surface area contributed by atoms with Crippen LogP contribution in [0.2, 0.25) is 0 Å². The SMILES string of the molecule is COc1ccc2cc(C(=O)NCc3nn(C)c(=O)c4ccccc34)[nH]c2c1. The number of aromatic amines is 1. The van der Waals surface area contributed by atoms with Crippen LogP contribution in [-0.4, -0.2) is 27.8 Å². The van der Waals surface area contributed by atoms with Crippen LogP contribution in [0.5, 0.6) is 5.75 Å². The first-order chi connectivity index (χ1) is 13.1. The third-order valence-electron chi connectivity index (χ3n) is 4.52. The molecule has 0 radical (unpaired) electrons. The number of amides is 1. The van der Waals surface area contributed by atoms with Gasteiger partial charge in [-0.3, -0.25) is 9.59 Å². The molecule has 7 heteroatoms. The van der Waals surface area contributed by atoms with E-state index in [1.54, 1.807) is 26.3 Å². The molecule has 4 rings (SSSR count). The highest BCUT2D eigenvalue weighted by Crippen LogP contribution is 2.21. The number of carbonyl (C=O) groups is 1. The van der Waals surface area contributed by atoms with Crippen molar-refractivity contribution in [3.8, 4) is 5.75 Å². The number of aryl methyl sites for hydroxylation is 1. The predicted octanol–water partition coefficient (Wildman–Crippen LogP) is 2.35. The quantitative estimate of drug-likeness (QED) is 0.583. The van der Waals surface area contributed by atoms with Crippen molar-refractivity contribution in [1.82, 2.24) is 20.1 Å². The summed E-state index contributed by atoms with van der Waals surface area (Å²) in [6.07, 6.45) is 0. The molecule has 0 saturated heterocycles. The molecule has 4 aromatic rings. The second kappa shape index (κ2) is 6.60. The number of methoxy groups -OCH3 is 1. The number of hydrogen-bond donors (Lipinski definition) is 2. The van der Waals surface area contributed by atoms with E-state index in [0.29, 0.717) is 16.8 Å². The van der Waals surface area contributed by atoms with E-state index in [1.807, 2.05) is 36.4 Å². The number of nitrogens with one attached hydrogen (secondary N) is 2. The van der Waals surface area contributed by atoms with Crippen molar-refractivity contribution in [3.63, 3.8) is 0 Å². The highest BCUT2D eigenvalue weighted by molar-refractivity contribution is 5.98. The maximum atomic E-state index is 12.6. The molecule has 2 N–H and O–H groups in total. The largest absolute Gasteiger partial charge is 0.497 e. The van der Waals surface area contributed by atoms with Gasteiger partial charge in [0.1, 0.15) is 11.4 Å². The summed E-state index contributed by atoms with van der Waals surface area (Å²) >= 11 is 0. The van der Waals surface area contributed by atoms with Gasteiger partial charge in [0.25, 0.3) is 11.5 Å². The van der Waals surface area contributed by atoms with E-state index >= 15 is 0 Å². The maximum absolute atomic E-state index is 12.6. The number of carbonyl (C=O) groups excluding carboxylic acids is 1. The molecular formula is C20H18N4O3. The van der Waals surface area contributed by atoms with Crippen molar-refractivity contribution < 1.29 is 9.53 Å². The molecule has 0 bridgehead atoms. The van der Waals surface area contributed by atoms with Crippen LogP contribution >= 0.6 is 0 Å². The van der Waals surface area contributed by atoms with Gasteiger partial charge in [-0.1, -0.05) is 18.2 Å². The van der Waals surface area contributed by atoms with Crippen LogP contribution in [0.3, 0.4) is 0 Å². The van der Waals surface area contributed by atoms with Gasteiger partial charge < -0.3 is 15.0 Å². The summed E-state index contributed by atoms with van der Waals surface area (Å²) in [5, 5.41) is 9.40. The summed E-state index contributed by atoms with van der Waals surface area (Å²) in [7, 11) is 3.20. The summed E-state index contributed by atoms with van der Waals surface area (Å²) in [6, 6.07) is 14.6. The molecule has 2 aromatic heterocycles. The van der Waals surface area contributed by atoms with Crippen molar-refractivity contribution in [2.75, 3.05) is 7.11 Å². The molecule has 0 fully saturated rings. The number of aromatic nitrogens is 3. The Morgan fingerprint density at radius 1 is 1.19 bits per heavy atom. The Kier molecular flexibility index (Phi) is 4.12. The molecule has 2 aromatic carbocycles. The van der Waals surface area contributed by atoms with E-state index in [-0.39, 0.29) is 18.0 Å². The smallest absolute Gasteiger partial charge is 0.274 e. The lowest BCUT2D eigenvalue weighted by atomic mass is 10.1. The zero-order valence-corrected chi connectivity index (χ0v) is 14.9. The van der Waals surface area contributed by atoms with Gasteiger partial charge in [0.2, 0.25) is 0 Å². The van der Waals surface area contributed by atoms with E-state index in [4.69, 9.17) is 4.74 Å². The number of H-pyrrole nitrogens is 1. The first-order valence-corrected chi connectivity index (χ1v) is 8.46. The molecule has 0 aliphatic carbocycles. The lowest BCUT2D eigenvalue weighted by Crippen LogP contribution is -2.27. The van der Waals surface area contributed by atoms with Crippen molar-refractivity contribution in [2.45, 2.75) is 6.54 Å². The Hall–Kier alpha value is -3.61. The molecule has 0 saturated carbocycles. The summed E-state index contributed by atoms with van der Waals surface area (Å²) in [5.41, 5.74) is 1.75. The zero-order chi connectivity index (χ0) is 19.0. The fraction of sp³-hybridized carbons (Fsp3) is 0.150. The first kappa shape index (κ1) is 16.8. The van der Waals surface area contributed by atoms with Crippen LogP contribution in [0, 0.1) is 0 Å². The lowest BCUT2D eigenvalue weighted by Gasteiger charge is -2.09. The molecule has 0 aliphatic heterocycles. The third-order valence-corrected chi connectivity index (χ3v) is 4.52. The van der Waals surface area contributed by atoms with Crippen LogP contribution in [0.4, 0.5) is 0 Å². The van der Waals surface area contributed by atoms with Crippen molar-refractivity contribution >= 4 is 27.6 Å². The maximum Gasteiger partial charge on any atom is 0.274 e. The summed E-state index contributed by atoms with van der Waals surface area (Å²) < 4.78 is 6.49. The molecule has 2 heterocycles. The molecule has 27 heavy (non-hydrogen) atoms. The molecule has 0 aliphatic rings. The minimum absolute atomic E-state index is 0.162. The first-order valence-electron chi connectivity index (χ1n) is 8.46. The van der Waals surface area contributed by atoms with Crippen molar-refractivity contribution in [1.29, 1.82) is 0 Å². The Bertz CT molecular complexity index is 1220. The summed E-state index contributed by atoms with van der Waals surface area (Å²) in [4.78, 5) is 27.8. The number of ether oxygens (including phenoxy) is 1. The third kappa shape index (κ3) is 3.03. The van der Waals surface area contributed by atoms with Crippen LogP contribution in [0.15, 0.2) is 53.3 Å². The summed E-state index contributed by atoms with van der Waals surface area (Å²) in [6.45, 7) is 0.214. The van der Waals surface area contributed by atoms with E-state index in [0.717, 1.165) is 22.0 Å². The van der Waals surface area contributed by atoms with Gasteiger partial charge in [-0.2, -0.15) is 5.10 Å². The lowest BCUT2D eigenvalue weighted by molar-refractivity contribution is 0.0946. The molecule has 0 spiro atoms. The molecular weight excluding hydrogens is 344 g/mol. The number of nitrogens with zero attached hydrogens (tertiary/aromatic N) is 2. The Labute approximate surface area is 154 Å². The van der Waals surface area contributed by atoms with E-state index < -0.39 is 0 Å². The van der Waals surface area contributed by atoms with Gasteiger partial charge in [0.05, 0.1) is 24.7 Å². The van der Waals surface area contributed by atoms with E-state index in [2.05, 4.69) is 15.4 Å². The summed E-state index contributed by atoms with van der Waals surface area (Å²) in [5.74, 6) is 0.474. The Morgan fingerprint density at radius 3 is 2.74 bits per heavy atom. The topological polar surface area (TPSA) is 89.0 Å². The monoisotopic (exact) mass is 362 g/mol. The van der Waals surface area contributed by atoms with Crippen molar-refractivity contribution in [3.05, 3.63) is 70.3 Å². The van der Waals surface area contributed by atoms with Crippen LogP contribution < -0.4 is 15.6 Å².